The number of aryl methyl sites for hydroxylation is 2. The molecule has 2 aromatic rings. The number of halogens is 1. The van der Waals surface area contributed by atoms with E-state index in [9.17, 15) is 4.79 Å². The molecule has 4 heteroatoms. The van der Waals surface area contributed by atoms with E-state index in [-0.39, 0.29) is 11.9 Å². The summed E-state index contributed by atoms with van der Waals surface area (Å²) >= 11 is 6.09. The summed E-state index contributed by atoms with van der Waals surface area (Å²) in [6, 6.07) is 15.4. The Morgan fingerprint density at radius 2 is 1.87 bits per heavy atom. The second-order valence-electron chi connectivity index (χ2n) is 5.64. The molecule has 2 aromatic carbocycles. The zero-order valence-electron chi connectivity index (χ0n) is 13.5. The molecule has 0 spiro atoms. The van der Waals surface area contributed by atoms with Gasteiger partial charge in [0, 0.05) is 11.4 Å². The number of carbonyl (C=O) groups is 1. The number of para-hydroxylation sites is 1. The molecule has 1 amide bonds. The number of amides is 1. The molecular weight excluding hydrogens is 310 g/mol. The smallest absolute Gasteiger partial charge is 0.220 e. The summed E-state index contributed by atoms with van der Waals surface area (Å²) < 4.78 is 5.75. The van der Waals surface area contributed by atoms with Crippen molar-refractivity contribution in [3.05, 3.63) is 64.7 Å². The Morgan fingerprint density at radius 3 is 2.61 bits per heavy atom. The van der Waals surface area contributed by atoms with Crippen LogP contribution in [0, 0.1) is 6.92 Å². The maximum atomic E-state index is 12.0. The van der Waals surface area contributed by atoms with Gasteiger partial charge in [0.15, 0.2) is 0 Å². The molecule has 2 rings (SSSR count). The standard InChI is InChI=1S/C19H22ClNO2/c1-14-7-3-6-10-18(14)23-13-15(2)21-19(22)12-11-16-8-4-5-9-17(16)20/h3-10,15H,11-13H2,1-2H3,(H,21,22)/t15-/m1/s1. The highest BCUT2D eigenvalue weighted by Crippen LogP contribution is 2.17. The molecule has 1 N–H and O–H groups in total. The number of ether oxygens (including phenoxy) is 1. The number of rotatable bonds is 7. The first-order valence-electron chi connectivity index (χ1n) is 7.77. The minimum atomic E-state index is -0.0478. The van der Waals surface area contributed by atoms with E-state index in [0.717, 1.165) is 16.9 Å². The lowest BCUT2D eigenvalue weighted by Crippen LogP contribution is -2.36. The van der Waals surface area contributed by atoms with Crippen molar-refractivity contribution in [3.8, 4) is 5.75 Å². The van der Waals surface area contributed by atoms with Gasteiger partial charge in [0.1, 0.15) is 12.4 Å². The van der Waals surface area contributed by atoms with Crippen molar-refractivity contribution in [2.45, 2.75) is 32.7 Å². The molecule has 3 nitrogen and oxygen atoms in total. The van der Waals surface area contributed by atoms with Gasteiger partial charge < -0.3 is 10.1 Å². The van der Waals surface area contributed by atoms with E-state index in [1.807, 2.05) is 62.4 Å². The number of carbonyl (C=O) groups excluding carboxylic acids is 1. The molecule has 0 heterocycles. The van der Waals surface area contributed by atoms with Gasteiger partial charge in [-0.3, -0.25) is 4.79 Å². The van der Waals surface area contributed by atoms with Crippen molar-refractivity contribution < 1.29 is 9.53 Å². The van der Waals surface area contributed by atoms with Gasteiger partial charge in [-0.1, -0.05) is 48.0 Å². The Kier molecular flexibility index (Phi) is 6.48. The van der Waals surface area contributed by atoms with Gasteiger partial charge in [-0.25, -0.2) is 0 Å². The highest BCUT2D eigenvalue weighted by molar-refractivity contribution is 6.31. The van der Waals surface area contributed by atoms with Crippen molar-refractivity contribution >= 4 is 17.5 Å². The van der Waals surface area contributed by atoms with Crippen LogP contribution in [0.1, 0.15) is 24.5 Å². The SMILES string of the molecule is Cc1ccccc1OC[C@@H](C)NC(=O)CCc1ccccc1Cl. The third-order valence-electron chi connectivity index (χ3n) is 3.57. The minimum absolute atomic E-state index is 0.00537. The van der Waals surface area contributed by atoms with Crippen LogP contribution in [0.15, 0.2) is 48.5 Å². The topological polar surface area (TPSA) is 38.3 Å². The van der Waals surface area contributed by atoms with Crippen molar-refractivity contribution in [2.75, 3.05) is 6.61 Å². The Hall–Kier alpha value is -2.00. The van der Waals surface area contributed by atoms with E-state index >= 15 is 0 Å². The van der Waals surface area contributed by atoms with Crippen LogP contribution in [0.2, 0.25) is 5.02 Å². The highest BCUT2D eigenvalue weighted by atomic mass is 35.5. The van der Waals surface area contributed by atoms with Gasteiger partial charge in [-0.2, -0.15) is 0 Å². The lowest BCUT2D eigenvalue weighted by atomic mass is 10.1. The fourth-order valence-corrected chi connectivity index (χ4v) is 2.50. The molecular formula is C19H22ClNO2. The lowest BCUT2D eigenvalue weighted by molar-refractivity contribution is -0.121. The van der Waals surface area contributed by atoms with E-state index in [0.29, 0.717) is 24.5 Å². The first kappa shape index (κ1) is 17.4. The van der Waals surface area contributed by atoms with Gasteiger partial charge in [0.25, 0.3) is 0 Å². The summed E-state index contributed by atoms with van der Waals surface area (Å²) in [6.45, 7) is 4.39. The summed E-state index contributed by atoms with van der Waals surface area (Å²) in [6.07, 6.45) is 1.05. The Balaban J connectivity index is 1.74. The van der Waals surface area contributed by atoms with E-state index in [1.165, 1.54) is 0 Å². The monoisotopic (exact) mass is 331 g/mol. The van der Waals surface area contributed by atoms with E-state index < -0.39 is 0 Å². The maximum absolute atomic E-state index is 12.0. The molecule has 0 aliphatic heterocycles. The van der Waals surface area contributed by atoms with Crippen molar-refractivity contribution in [2.24, 2.45) is 0 Å². The number of benzene rings is 2. The summed E-state index contributed by atoms with van der Waals surface area (Å²) in [7, 11) is 0. The fourth-order valence-electron chi connectivity index (χ4n) is 2.27. The van der Waals surface area contributed by atoms with Crippen LogP contribution in [0.5, 0.6) is 5.75 Å². The Bertz CT molecular complexity index is 657. The van der Waals surface area contributed by atoms with Crippen molar-refractivity contribution in [1.82, 2.24) is 5.32 Å². The summed E-state index contributed by atoms with van der Waals surface area (Å²) in [5.74, 6) is 0.857. The minimum Gasteiger partial charge on any atom is -0.491 e. The second kappa shape index (κ2) is 8.59. The molecule has 0 saturated carbocycles. The van der Waals surface area contributed by atoms with Crippen LogP contribution in [0.4, 0.5) is 0 Å². The first-order chi connectivity index (χ1) is 11.1. The fraction of sp³-hybridized carbons (Fsp3) is 0.316. The van der Waals surface area contributed by atoms with Gasteiger partial charge >= 0.3 is 0 Å². The second-order valence-corrected chi connectivity index (χ2v) is 6.04. The molecule has 1 atom stereocenters. The van der Waals surface area contributed by atoms with Crippen LogP contribution in [0.3, 0.4) is 0 Å². The predicted octanol–water partition coefficient (Wildman–Crippen LogP) is 4.16. The predicted molar refractivity (Wildman–Crippen MR) is 94.1 cm³/mol. The zero-order chi connectivity index (χ0) is 16.7. The van der Waals surface area contributed by atoms with E-state index in [1.54, 1.807) is 0 Å². The molecule has 0 saturated heterocycles. The maximum Gasteiger partial charge on any atom is 0.220 e. The molecule has 0 bridgehead atoms. The molecule has 0 fully saturated rings. The number of hydrogen-bond acceptors (Lipinski definition) is 2. The normalized spacial score (nSPS) is 11.8. The Labute approximate surface area is 142 Å². The Morgan fingerprint density at radius 1 is 1.17 bits per heavy atom. The quantitative estimate of drug-likeness (QED) is 0.827. The molecule has 23 heavy (non-hydrogen) atoms. The molecule has 0 radical (unpaired) electrons. The van der Waals surface area contributed by atoms with E-state index in [4.69, 9.17) is 16.3 Å². The van der Waals surface area contributed by atoms with Gasteiger partial charge in [-0.05, 0) is 43.5 Å². The average Bonchev–Trinajstić information content (AvgIpc) is 2.53. The lowest BCUT2D eigenvalue weighted by Gasteiger charge is -2.16. The van der Waals surface area contributed by atoms with Crippen LogP contribution >= 0.6 is 11.6 Å². The zero-order valence-corrected chi connectivity index (χ0v) is 14.3. The largest absolute Gasteiger partial charge is 0.491 e. The van der Waals surface area contributed by atoms with Crippen molar-refractivity contribution in [3.63, 3.8) is 0 Å². The van der Waals surface area contributed by atoms with Gasteiger partial charge in [-0.15, -0.1) is 0 Å². The van der Waals surface area contributed by atoms with Crippen LogP contribution in [0.25, 0.3) is 0 Å². The van der Waals surface area contributed by atoms with Crippen LogP contribution < -0.4 is 10.1 Å². The first-order valence-corrected chi connectivity index (χ1v) is 8.15. The summed E-state index contributed by atoms with van der Waals surface area (Å²) in [4.78, 5) is 12.0. The molecule has 0 aliphatic carbocycles. The number of hydrogen-bond donors (Lipinski definition) is 1. The number of nitrogens with one attached hydrogen (secondary N) is 1. The third-order valence-corrected chi connectivity index (χ3v) is 3.94. The van der Waals surface area contributed by atoms with Crippen molar-refractivity contribution in [1.29, 1.82) is 0 Å². The van der Waals surface area contributed by atoms with Crippen LogP contribution in [-0.2, 0) is 11.2 Å². The summed E-state index contributed by atoms with van der Waals surface area (Å²) in [5, 5.41) is 3.66. The summed E-state index contributed by atoms with van der Waals surface area (Å²) in [5.41, 5.74) is 2.08. The molecule has 122 valence electrons. The van der Waals surface area contributed by atoms with Gasteiger partial charge in [0.05, 0.1) is 6.04 Å². The van der Waals surface area contributed by atoms with Crippen LogP contribution in [-0.4, -0.2) is 18.6 Å². The molecule has 0 aliphatic rings. The highest BCUT2D eigenvalue weighted by Gasteiger charge is 2.10. The third kappa shape index (κ3) is 5.61. The average molecular weight is 332 g/mol. The van der Waals surface area contributed by atoms with Gasteiger partial charge in [0.2, 0.25) is 5.91 Å². The molecule has 0 unspecified atom stereocenters. The van der Waals surface area contributed by atoms with E-state index in [2.05, 4.69) is 5.32 Å². The molecule has 0 aromatic heterocycles.